The molecule has 5 nitrogen and oxygen atoms in total. The van der Waals surface area contributed by atoms with Gasteiger partial charge in [-0.2, -0.15) is 0 Å². The number of carboxylic acids is 1. The highest BCUT2D eigenvalue weighted by molar-refractivity contribution is 9.10. The summed E-state index contributed by atoms with van der Waals surface area (Å²) in [6, 6.07) is 1.71. The van der Waals surface area contributed by atoms with E-state index in [2.05, 4.69) is 40.1 Å². The number of amides is 1. The Morgan fingerprint density at radius 3 is 2.62 bits per heavy atom. The van der Waals surface area contributed by atoms with Crippen molar-refractivity contribution in [2.45, 2.75) is 33.1 Å². The van der Waals surface area contributed by atoms with Gasteiger partial charge in [0.05, 0.1) is 5.56 Å². The van der Waals surface area contributed by atoms with Gasteiger partial charge in [0.25, 0.3) is 5.91 Å². The van der Waals surface area contributed by atoms with Gasteiger partial charge >= 0.3 is 5.97 Å². The first-order valence-electron chi connectivity index (χ1n) is 7.00. The van der Waals surface area contributed by atoms with Crippen LogP contribution in [0.2, 0.25) is 0 Å². The van der Waals surface area contributed by atoms with Crippen LogP contribution in [-0.4, -0.2) is 28.5 Å². The zero-order valence-electron chi connectivity index (χ0n) is 12.3. The summed E-state index contributed by atoms with van der Waals surface area (Å²) in [5.74, 6) is -0.245. The van der Waals surface area contributed by atoms with E-state index >= 15 is 0 Å². The van der Waals surface area contributed by atoms with Crippen LogP contribution in [0.5, 0.6) is 0 Å². The number of carbonyl (C=O) groups excluding carboxylic acids is 1. The largest absolute Gasteiger partial charge is 0.481 e. The number of halogens is 1. The average molecular weight is 357 g/mol. The minimum Gasteiger partial charge on any atom is -0.481 e. The van der Waals surface area contributed by atoms with Crippen molar-refractivity contribution in [2.75, 3.05) is 6.54 Å². The van der Waals surface area contributed by atoms with Gasteiger partial charge in [0.2, 0.25) is 0 Å². The Kier molecular flexibility index (Phi) is 7.36. The number of hydrogen-bond donors (Lipinski definition) is 2. The SMILES string of the molecule is CC(C)C(CCNC(=O)c1cncc(Br)c1)CCC(=O)O. The van der Waals surface area contributed by atoms with E-state index in [1.165, 1.54) is 6.20 Å². The fourth-order valence-electron chi connectivity index (χ4n) is 2.13. The molecule has 0 bridgehead atoms. The van der Waals surface area contributed by atoms with E-state index in [0.29, 0.717) is 30.4 Å². The molecule has 0 saturated heterocycles. The fourth-order valence-corrected chi connectivity index (χ4v) is 2.49. The molecule has 1 unspecified atom stereocenters. The number of pyridine rings is 1. The lowest BCUT2D eigenvalue weighted by Crippen LogP contribution is -2.27. The maximum absolute atomic E-state index is 11.9. The molecule has 1 rings (SSSR count). The highest BCUT2D eigenvalue weighted by atomic mass is 79.9. The molecule has 2 N–H and O–H groups in total. The Morgan fingerprint density at radius 1 is 1.33 bits per heavy atom. The molecule has 21 heavy (non-hydrogen) atoms. The Hall–Kier alpha value is -1.43. The number of rotatable bonds is 8. The van der Waals surface area contributed by atoms with Crippen molar-refractivity contribution in [2.24, 2.45) is 11.8 Å². The van der Waals surface area contributed by atoms with Crippen molar-refractivity contribution >= 4 is 27.8 Å². The van der Waals surface area contributed by atoms with Crippen LogP contribution in [0.25, 0.3) is 0 Å². The molecule has 1 atom stereocenters. The van der Waals surface area contributed by atoms with Crippen molar-refractivity contribution in [3.63, 3.8) is 0 Å². The molecule has 0 radical (unpaired) electrons. The lowest BCUT2D eigenvalue weighted by Gasteiger charge is -2.20. The first kappa shape index (κ1) is 17.6. The lowest BCUT2D eigenvalue weighted by atomic mass is 9.88. The number of nitrogens with zero attached hydrogens (tertiary/aromatic N) is 1. The summed E-state index contributed by atoms with van der Waals surface area (Å²) < 4.78 is 0.761. The predicted octanol–water partition coefficient (Wildman–Crippen LogP) is 3.10. The summed E-state index contributed by atoms with van der Waals surface area (Å²) in [5.41, 5.74) is 0.510. The molecule has 0 aliphatic rings. The zero-order chi connectivity index (χ0) is 15.8. The first-order valence-corrected chi connectivity index (χ1v) is 7.80. The molecule has 116 valence electrons. The highest BCUT2D eigenvalue weighted by Gasteiger charge is 2.15. The van der Waals surface area contributed by atoms with Crippen LogP contribution < -0.4 is 5.32 Å². The number of hydrogen-bond acceptors (Lipinski definition) is 3. The van der Waals surface area contributed by atoms with Crippen molar-refractivity contribution in [1.82, 2.24) is 10.3 Å². The Morgan fingerprint density at radius 2 is 2.05 bits per heavy atom. The molecule has 0 saturated carbocycles. The number of aliphatic carboxylic acids is 1. The molecule has 0 aliphatic heterocycles. The van der Waals surface area contributed by atoms with E-state index < -0.39 is 5.97 Å². The van der Waals surface area contributed by atoms with Gasteiger partial charge in [-0.05, 0) is 46.7 Å². The fraction of sp³-hybridized carbons (Fsp3) is 0.533. The highest BCUT2D eigenvalue weighted by Crippen LogP contribution is 2.20. The van der Waals surface area contributed by atoms with Gasteiger partial charge in [-0.1, -0.05) is 13.8 Å². The monoisotopic (exact) mass is 356 g/mol. The quantitative estimate of drug-likeness (QED) is 0.749. The third-order valence-corrected chi connectivity index (χ3v) is 3.87. The minimum atomic E-state index is -0.773. The molecule has 1 heterocycles. The van der Waals surface area contributed by atoms with Crippen molar-refractivity contribution in [3.05, 3.63) is 28.5 Å². The smallest absolute Gasteiger partial charge is 0.303 e. The molecule has 0 aliphatic carbocycles. The zero-order valence-corrected chi connectivity index (χ0v) is 13.9. The molecule has 1 aromatic rings. The molecule has 0 aromatic carbocycles. The Bertz CT molecular complexity index is 492. The van der Waals surface area contributed by atoms with Crippen molar-refractivity contribution in [3.8, 4) is 0 Å². The normalized spacial score (nSPS) is 12.2. The first-order chi connectivity index (χ1) is 9.90. The molecule has 0 fully saturated rings. The second-order valence-corrected chi connectivity index (χ2v) is 6.29. The summed E-state index contributed by atoms with van der Waals surface area (Å²) in [6.07, 6.45) is 4.73. The number of carbonyl (C=O) groups is 2. The van der Waals surface area contributed by atoms with Crippen LogP contribution in [0.3, 0.4) is 0 Å². The maximum atomic E-state index is 11.9. The van der Waals surface area contributed by atoms with Crippen LogP contribution in [0, 0.1) is 11.8 Å². The van der Waals surface area contributed by atoms with E-state index in [1.54, 1.807) is 12.3 Å². The van der Waals surface area contributed by atoms with Gasteiger partial charge in [-0.15, -0.1) is 0 Å². The van der Waals surface area contributed by atoms with Crippen LogP contribution >= 0.6 is 15.9 Å². The van der Waals surface area contributed by atoms with Gasteiger partial charge < -0.3 is 10.4 Å². The summed E-state index contributed by atoms with van der Waals surface area (Å²) in [5, 5.41) is 11.6. The second kappa shape index (κ2) is 8.77. The Balaban J connectivity index is 2.43. The minimum absolute atomic E-state index is 0.162. The van der Waals surface area contributed by atoms with Gasteiger partial charge in [0, 0.05) is 29.8 Å². The van der Waals surface area contributed by atoms with E-state index in [9.17, 15) is 9.59 Å². The van der Waals surface area contributed by atoms with Crippen LogP contribution in [0.4, 0.5) is 0 Å². The van der Waals surface area contributed by atoms with Gasteiger partial charge in [-0.25, -0.2) is 0 Å². The number of aromatic nitrogens is 1. The van der Waals surface area contributed by atoms with Crippen molar-refractivity contribution in [1.29, 1.82) is 0 Å². The predicted molar refractivity (Wildman–Crippen MR) is 84.1 cm³/mol. The van der Waals surface area contributed by atoms with Gasteiger partial charge in [0.15, 0.2) is 0 Å². The third kappa shape index (κ3) is 6.71. The third-order valence-electron chi connectivity index (χ3n) is 3.44. The molecule has 6 heteroatoms. The standard InChI is InChI=1S/C15H21BrN2O3/c1-10(2)11(3-4-14(19)20)5-6-18-15(21)12-7-13(16)9-17-8-12/h7-11H,3-6H2,1-2H3,(H,18,21)(H,19,20). The average Bonchev–Trinajstić information content (AvgIpc) is 2.41. The summed E-state index contributed by atoms with van der Waals surface area (Å²) in [6.45, 7) is 4.69. The lowest BCUT2D eigenvalue weighted by molar-refractivity contribution is -0.137. The second-order valence-electron chi connectivity index (χ2n) is 5.37. The molecular weight excluding hydrogens is 336 g/mol. The van der Waals surface area contributed by atoms with Gasteiger partial charge in [-0.3, -0.25) is 14.6 Å². The summed E-state index contributed by atoms with van der Waals surface area (Å²) in [4.78, 5) is 26.5. The van der Waals surface area contributed by atoms with E-state index in [0.717, 1.165) is 10.9 Å². The van der Waals surface area contributed by atoms with Crippen LogP contribution in [-0.2, 0) is 4.79 Å². The van der Waals surface area contributed by atoms with Crippen LogP contribution in [0.15, 0.2) is 22.9 Å². The molecule has 1 amide bonds. The number of nitrogens with one attached hydrogen (secondary N) is 1. The maximum Gasteiger partial charge on any atom is 0.303 e. The van der Waals surface area contributed by atoms with Gasteiger partial charge in [0.1, 0.15) is 0 Å². The molecular formula is C15H21BrN2O3. The topological polar surface area (TPSA) is 79.3 Å². The molecule has 1 aromatic heterocycles. The summed E-state index contributed by atoms with van der Waals surface area (Å²) in [7, 11) is 0. The molecule has 0 spiro atoms. The van der Waals surface area contributed by atoms with Crippen molar-refractivity contribution < 1.29 is 14.7 Å². The van der Waals surface area contributed by atoms with Crippen LogP contribution in [0.1, 0.15) is 43.5 Å². The van der Waals surface area contributed by atoms with E-state index in [4.69, 9.17) is 5.11 Å². The van der Waals surface area contributed by atoms with E-state index in [-0.39, 0.29) is 12.3 Å². The van der Waals surface area contributed by atoms with E-state index in [1.807, 2.05) is 0 Å². The number of carboxylic acid groups (broad SMARTS) is 1. The Labute approximate surface area is 133 Å². The summed E-state index contributed by atoms with van der Waals surface area (Å²) >= 11 is 3.28.